The lowest BCUT2D eigenvalue weighted by Crippen LogP contribution is -2.21. The minimum atomic E-state index is -0.187. The van der Waals surface area contributed by atoms with Crippen molar-refractivity contribution in [3.05, 3.63) is 27.9 Å². The summed E-state index contributed by atoms with van der Waals surface area (Å²) in [6, 6.07) is 4.18. The number of rotatable bonds is 3. The van der Waals surface area contributed by atoms with Gasteiger partial charge in [-0.3, -0.25) is 9.78 Å². The second-order valence-corrected chi connectivity index (χ2v) is 5.40. The number of hydrogen-bond donors (Lipinski definition) is 2. The van der Waals surface area contributed by atoms with Crippen LogP contribution in [0.2, 0.25) is 0 Å². The average molecular weight is 262 g/mol. The molecular weight excluding hydrogens is 248 g/mol. The minimum absolute atomic E-state index is 0.187. The van der Waals surface area contributed by atoms with Crippen molar-refractivity contribution in [1.29, 1.82) is 0 Å². The van der Waals surface area contributed by atoms with Gasteiger partial charge in [-0.2, -0.15) is 0 Å². The average Bonchev–Trinajstić information content (AvgIpc) is 3.01. The summed E-state index contributed by atoms with van der Waals surface area (Å²) < 4.78 is 0. The predicted octanol–water partition coefficient (Wildman–Crippen LogP) is 2.25. The lowest BCUT2D eigenvalue weighted by molar-refractivity contribution is 0.736. The summed E-state index contributed by atoms with van der Waals surface area (Å²) in [7, 11) is 0. The van der Waals surface area contributed by atoms with Crippen LogP contribution in [0, 0.1) is 0 Å². The smallest absolute Gasteiger partial charge is 0.279 e. The number of aromatic amines is 1. The molecule has 18 heavy (non-hydrogen) atoms. The van der Waals surface area contributed by atoms with Crippen molar-refractivity contribution in [2.24, 2.45) is 0 Å². The Hall–Kier alpha value is -1.69. The van der Waals surface area contributed by atoms with Gasteiger partial charge in [0.1, 0.15) is 0 Å². The van der Waals surface area contributed by atoms with E-state index in [2.05, 4.69) is 20.5 Å². The molecule has 1 aliphatic carbocycles. The van der Waals surface area contributed by atoms with Crippen molar-refractivity contribution in [2.75, 3.05) is 5.32 Å². The first kappa shape index (κ1) is 11.4. The molecule has 2 heterocycles. The Morgan fingerprint density at radius 1 is 1.33 bits per heavy atom. The number of anilines is 1. The van der Waals surface area contributed by atoms with Gasteiger partial charge in [-0.05, 0) is 24.3 Å². The number of nitrogens with one attached hydrogen (secondary N) is 2. The molecule has 0 atom stereocenters. The largest absolute Gasteiger partial charge is 0.352 e. The summed E-state index contributed by atoms with van der Waals surface area (Å²) >= 11 is 1.49. The van der Waals surface area contributed by atoms with Crippen molar-refractivity contribution in [3.63, 3.8) is 0 Å². The van der Waals surface area contributed by atoms with Crippen LogP contribution in [-0.4, -0.2) is 21.2 Å². The molecule has 0 bridgehead atoms. The molecule has 0 spiro atoms. The van der Waals surface area contributed by atoms with E-state index >= 15 is 0 Å². The molecule has 1 fully saturated rings. The molecule has 94 valence electrons. The summed E-state index contributed by atoms with van der Waals surface area (Å²) in [5.41, 5.74) is 0.204. The normalized spacial score (nSPS) is 16.0. The number of aromatic nitrogens is 3. The highest BCUT2D eigenvalue weighted by Gasteiger charge is 2.16. The Labute approximate surface area is 108 Å². The molecule has 5 nitrogen and oxygen atoms in total. The molecule has 0 radical (unpaired) electrons. The van der Waals surface area contributed by atoms with E-state index in [4.69, 9.17) is 0 Å². The summed E-state index contributed by atoms with van der Waals surface area (Å²) in [6.07, 6.45) is 4.75. The third-order valence-electron chi connectivity index (χ3n) is 3.15. The third kappa shape index (κ3) is 2.28. The summed E-state index contributed by atoms with van der Waals surface area (Å²) in [6.45, 7) is 0. The van der Waals surface area contributed by atoms with Gasteiger partial charge in [-0.1, -0.05) is 18.9 Å². The molecule has 2 aromatic heterocycles. The zero-order valence-electron chi connectivity index (χ0n) is 9.85. The third-order valence-corrected chi connectivity index (χ3v) is 4.02. The first-order valence-electron chi connectivity index (χ1n) is 6.10. The number of thiophene rings is 1. The van der Waals surface area contributed by atoms with Crippen LogP contribution >= 0.6 is 11.3 Å². The van der Waals surface area contributed by atoms with Gasteiger partial charge in [0.25, 0.3) is 5.56 Å². The second-order valence-electron chi connectivity index (χ2n) is 4.45. The highest BCUT2D eigenvalue weighted by atomic mass is 32.1. The lowest BCUT2D eigenvalue weighted by atomic mass is 10.2. The maximum absolute atomic E-state index is 11.9. The van der Waals surface area contributed by atoms with E-state index in [1.807, 2.05) is 17.5 Å². The Kier molecular flexibility index (Phi) is 3.10. The molecule has 0 aromatic carbocycles. The van der Waals surface area contributed by atoms with Crippen LogP contribution in [-0.2, 0) is 0 Å². The standard InChI is InChI=1S/C12H14N4OS/c17-11-10(9-6-3-7-18-9)15-16-12(14-11)13-8-4-1-2-5-8/h3,6-8H,1-2,4-5H2,(H2,13,14,16,17). The first-order chi connectivity index (χ1) is 8.83. The second kappa shape index (κ2) is 4.89. The van der Waals surface area contributed by atoms with Gasteiger partial charge in [0, 0.05) is 6.04 Å². The highest BCUT2D eigenvalue weighted by molar-refractivity contribution is 7.13. The van der Waals surface area contributed by atoms with Crippen molar-refractivity contribution in [3.8, 4) is 10.6 Å². The summed E-state index contributed by atoms with van der Waals surface area (Å²) in [4.78, 5) is 15.5. The maximum atomic E-state index is 11.9. The van der Waals surface area contributed by atoms with E-state index in [-0.39, 0.29) is 5.56 Å². The maximum Gasteiger partial charge on any atom is 0.279 e. The van der Waals surface area contributed by atoms with E-state index in [1.165, 1.54) is 24.2 Å². The van der Waals surface area contributed by atoms with Gasteiger partial charge < -0.3 is 5.32 Å². The Morgan fingerprint density at radius 3 is 2.83 bits per heavy atom. The van der Waals surface area contributed by atoms with Crippen LogP contribution in [0.15, 0.2) is 22.3 Å². The fourth-order valence-corrected chi connectivity index (χ4v) is 2.95. The van der Waals surface area contributed by atoms with Crippen LogP contribution in [0.1, 0.15) is 25.7 Å². The predicted molar refractivity (Wildman–Crippen MR) is 71.8 cm³/mol. The topological polar surface area (TPSA) is 70.7 Å². The van der Waals surface area contributed by atoms with Gasteiger partial charge in [0.05, 0.1) is 4.88 Å². The van der Waals surface area contributed by atoms with Crippen LogP contribution in [0.3, 0.4) is 0 Å². The Morgan fingerprint density at radius 2 is 2.17 bits per heavy atom. The van der Waals surface area contributed by atoms with Crippen LogP contribution < -0.4 is 10.9 Å². The van der Waals surface area contributed by atoms with E-state index in [0.717, 1.165) is 17.7 Å². The van der Waals surface area contributed by atoms with Gasteiger partial charge >= 0.3 is 0 Å². The molecule has 6 heteroatoms. The zero-order chi connectivity index (χ0) is 12.4. The fraction of sp³-hybridized carbons (Fsp3) is 0.417. The van der Waals surface area contributed by atoms with Gasteiger partial charge in [-0.15, -0.1) is 21.5 Å². The Balaban J connectivity index is 1.82. The molecule has 2 N–H and O–H groups in total. The lowest BCUT2D eigenvalue weighted by Gasteiger charge is -2.11. The number of nitrogens with zero attached hydrogens (tertiary/aromatic N) is 2. The van der Waals surface area contributed by atoms with E-state index in [1.54, 1.807) is 0 Å². The SMILES string of the molecule is O=c1[nH]c(NC2CCCC2)nnc1-c1cccs1. The Bertz CT molecular complexity index is 572. The summed E-state index contributed by atoms with van der Waals surface area (Å²) in [5, 5.41) is 13.2. The number of hydrogen-bond acceptors (Lipinski definition) is 5. The molecule has 0 amide bonds. The quantitative estimate of drug-likeness (QED) is 0.890. The monoisotopic (exact) mass is 262 g/mol. The van der Waals surface area contributed by atoms with Crippen LogP contribution in [0.4, 0.5) is 5.95 Å². The van der Waals surface area contributed by atoms with Crippen molar-refractivity contribution < 1.29 is 0 Å². The molecule has 3 rings (SSSR count). The summed E-state index contributed by atoms with van der Waals surface area (Å²) in [5.74, 6) is 0.479. The molecule has 0 saturated heterocycles. The van der Waals surface area contributed by atoms with Gasteiger partial charge in [-0.25, -0.2) is 0 Å². The highest BCUT2D eigenvalue weighted by Crippen LogP contribution is 2.21. The van der Waals surface area contributed by atoms with Crippen molar-refractivity contribution >= 4 is 17.3 Å². The van der Waals surface area contributed by atoms with Gasteiger partial charge in [0.2, 0.25) is 5.95 Å². The van der Waals surface area contributed by atoms with Crippen molar-refractivity contribution in [1.82, 2.24) is 15.2 Å². The minimum Gasteiger partial charge on any atom is -0.352 e. The first-order valence-corrected chi connectivity index (χ1v) is 6.98. The van der Waals surface area contributed by atoms with Crippen LogP contribution in [0.5, 0.6) is 0 Å². The van der Waals surface area contributed by atoms with E-state index in [0.29, 0.717) is 17.7 Å². The van der Waals surface area contributed by atoms with Gasteiger partial charge in [0.15, 0.2) is 5.69 Å². The molecule has 2 aromatic rings. The molecule has 1 saturated carbocycles. The molecule has 1 aliphatic rings. The fourth-order valence-electron chi connectivity index (χ4n) is 2.24. The van der Waals surface area contributed by atoms with Crippen molar-refractivity contribution in [2.45, 2.75) is 31.7 Å². The molecular formula is C12H14N4OS. The van der Waals surface area contributed by atoms with Crippen LogP contribution in [0.25, 0.3) is 10.6 Å². The zero-order valence-corrected chi connectivity index (χ0v) is 10.7. The van der Waals surface area contributed by atoms with E-state index < -0.39 is 0 Å². The van der Waals surface area contributed by atoms with E-state index in [9.17, 15) is 4.79 Å². The number of H-pyrrole nitrogens is 1. The molecule has 0 aliphatic heterocycles. The molecule has 0 unspecified atom stereocenters.